The van der Waals surface area contributed by atoms with Gasteiger partial charge in [-0.3, -0.25) is 9.59 Å². The predicted molar refractivity (Wildman–Crippen MR) is 100 cm³/mol. The van der Waals surface area contributed by atoms with Gasteiger partial charge in [0.1, 0.15) is 17.3 Å². The molecular weight excluding hydrogens is 330 g/mol. The molecule has 1 aromatic heterocycles. The number of amides is 2. The fourth-order valence-electron chi connectivity index (χ4n) is 2.91. The van der Waals surface area contributed by atoms with Crippen LogP contribution in [0.5, 0.6) is 0 Å². The van der Waals surface area contributed by atoms with Gasteiger partial charge in [0.15, 0.2) is 0 Å². The number of rotatable bonds is 3. The third-order valence-corrected chi connectivity index (χ3v) is 4.42. The first kappa shape index (κ1) is 17.8. The summed E-state index contributed by atoms with van der Waals surface area (Å²) in [5, 5.41) is 2.86. The molecule has 1 fully saturated rings. The number of aryl methyl sites for hydroxylation is 2. The maximum absolute atomic E-state index is 12.6. The minimum absolute atomic E-state index is 0.0849. The van der Waals surface area contributed by atoms with E-state index in [-0.39, 0.29) is 11.8 Å². The number of piperazine rings is 1. The highest BCUT2D eigenvalue weighted by Crippen LogP contribution is 2.17. The van der Waals surface area contributed by atoms with Gasteiger partial charge in [0.05, 0.1) is 0 Å². The molecule has 2 aromatic rings. The summed E-state index contributed by atoms with van der Waals surface area (Å²) < 4.78 is 0. The molecule has 2 amide bonds. The molecule has 1 saturated heterocycles. The molecule has 7 heteroatoms. The molecule has 1 N–H and O–H groups in total. The molecule has 1 aromatic carbocycles. The fourth-order valence-corrected chi connectivity index (χ4v) is 2.91. The molecule has 26 heavy (non-hydrogen) atoms. The van der Waals surface area contributed by atoms with E-state index in [1.54, 1.807) is 19.9 Å². The van der Waals surface area contributed by atoms with Gasteiger partial charge in [-0.05, 0) is 26.0 Å². The molecule has 0 aliphatic carbocycles. The Morgan fingerprint density at radius 3 is 2.27 bits per heavy atom. The van der Waals surface area contributed by atoms with Crippen LogP contribution in [0.2, 0.25) is 0 Å². The second-order valence-electron chi connectivity index (χ2n) is 6.47. The van der Waals surface area contributed by atoms with Crippen LogP contribution in [-0.2, 0) is 4.79 Å². The largest absolute Gasteiger partial charge is 0.353 e. The third-order valence-electron chi connectivity index (χ3n) is 4.42. The van der Waals surface area contributed by atoms with E-state index in [9.17, 15) is 9.59 Å². The molecule has 7 nitrogen and oxygen atoms in total. The van der Waals surface area contributed by atoms with Gasteiger partial charge in [-0.1, -0.05) is 17.7 Å². The van der Waals surface area contributed by atoms with E-state index in [1.807, 2.05) is 36.1 Å². The van der Waals surface area contributed by atoms with Crippen LogP contribution in [0, 0.1) is 13.8 Å². The Labute approximate surface area is 153 Å². The number of benzene rings is 1. The first-order valence-corrected chi connectivity index (χ1v) is 8.66. The van der Waals surface area contributed by atoms with Crippen molar-refractivity contribution in [3.05, 3.63) is 47.4 Å². The van der Waals surface area contributed by atoms with Crippen LogP contribution in [0.15, 0.2) is 30.3 Å². The van der Waals surface area contributed by atoms with E-state index < -0.39 is 0 Å². The van der Waals surface area contributed by atoms with E-state index in [4.69, 9.17) is 0 Å². The zero-order chi connectivity index (χ0) is 18.7. The van der Waals surface area contributed by atoms with Crippen LogP contribution in [0.1, 0.15) is 28.8 Å². The lowest BCUT2D eigenvalue weighted by molar-refractivity contribution is -0.129. The van der Waals surface area contributed by atoms with Crippen LogP contribution in [0.25, 0.3) is 0 Å². The van der Waals surface area contributed by atoms with Crippen molar-refractivity contribution in [2.24, 2.45) is 0 Å². The van der Waals surface area contributed by atoms with Gasteiger partial charge in [-0.15, -0.1) is 0 Å². The molecular formula is C19H23N5O2. The molecule has 3 rings (SSSR count). The van der Waals surface area contributed by atoms with Crippen molar-refractivity contribution in [1.29, 1.82) is 0 Å². The molecule has 136 valence electrons. The smallest absolute Gasteiger partial charge is 0.274 e. The van der Waals surface area contributed by atoms with Crippen molar-refractivity contribution < 1.29 is 9.59 Å². The molecule has 0 bridgehead atoms. The van der Waals surface area contributed by atoms with E-state index >= 15 is 0 Å². The quantitative estimate of drug-likeness (QED) is 0.913. The summed E-state index contributed by atoms with van der Waals surface area (Å²) in [5.74, 6) is 1.09. The van der Waals surface area contributed by atoms with Gasteiger partial charge in [0.2, 0.25) is 5.91 Å². The zero-order valence-corrected chi connectivity index (χ0v) is 15.3. The predicted octanol–water partition coefficient (Wildman–Crippen LogP) is 2.01. The van der Waals surface area contributed by atoms with E-state index in [0.29, 0.717) is 37.7 Å². The lowest BCUT2D eigenvalue weighted by Crippen LogP contribution is -2.48. The lowest BCUT2D eigenvalue weighted by Gasteiger charge is -2.35. The van der Waals surface area contributed by atoms with Gasteiger partial charge < -0.3 is 15.1 Å². The Hall–Kier alpha value is -2.96. The Bertz CT molecular complexity index is 811. The Morgan fingerprint density at radius 1 is 1.00 bits per heavy atom. The van der Waals surface area contributed by atoms with Gasteiger partial charge >= 0.3 is 0 Å². The number of hydrogen-bond donors (Lipinski definition) is 1. The number of carbonyl (C=O) groups excluding carboxylic acids is 2. The van der Waals surface area contributed by atoms with Gasteiger partial charge in [-0.2, -0.15) is 0 Å². The average Bonchev–Trinajstić information content (AvgIpc) is 2.63. The summed E-state index contributed by atoms with van der Waals surface area (Å²) in [4.78, 5) is 36.6. The van der Waals surface area contributed by atoms with Crippen molar-refractivity contribution >= 4 is 23.3 Å². The minimum Gasteiger partial charge on any atom is -0.353 e. The maximum atomic E-state index is 12.6. The number of nitrogens with zero attached hydrogens (tertiary/aromatic N) is 4. The molecule has 1 aliphatic rings. The maximum Gasteiger partial charge on any atom is 0.274 e. The second-order valence-corrected chi connectivity index (χ2v) is 6.47. The highest BCUT2D eigenvalue weighted by atomic mass is 16.2. The summed E-state index contributed by atoms with van der Waals surface area (Å²) in [5.41, 5.74) is 2.20. The summed E-state index contributed by atoms with van der Waals surface area (Å²) in [6.45, 7) is 8.05. The monoisotopic (exact) mass is 353 g/mol. The van der Waals surface area contributed by atoms with E-state index in [1.165, 1.54) is 0 Å². The van der Waals surface area contributed by atoms with Crippen molar-refractivity contribution in [1.82, 2.24) is 14.9 Å². The molecule has 1 aliphatic heterocycles. The van der Waals surface area contributed by atoms with Crippen LogP contribution >= 0.6 is 0 Å². The Morgan fingerprint density at radius 2 is 1.65 bits per heavy atom. The molecule has 0 unspecified atom stereocenters. The second kappa shape index (κ2) is 7.51. The van der Waals surface area contributed by atoms with Gasteiger partial charge in [0.25, 0.3) is 5.91 Å². The molecule has 0 saturated carbocycles. The third kappa shape index (κ3) is 4.17. The Kier molecular flexibility index (Phi) is 5.16. The van der Waals surface area contributed by atoms with Crippen molar-refractivity contribution in [3.8, 4) is 0 Å². The molecule has 0 radical (unpaired) electrons. The number of aromatic nitrogens is 2. The van der Waals surface area contributed by atoms with Crippen molar-refractivity contribution in [3.63, 3.8) is 0 Å². The number of carbonyl (C=O) groups is 2. The lowest BCUT2D eigenvalue weighted by atomic mass is 10.2. The topological polar surface area (TPSA) is 78.4 Å². The summed E-state index contributed by atoms with van der Waals surface area (Å²) in [6.07, 6.45) is 0. The molecule has 0 atom stereocenters. The van der Waals surface area contributed by atoms with Crippen LogP contribution in [-0.4, -0.2) is 52.9 Å². The molecule has 0 spiro atoms. The summed E-state index contributed by atoms with van der Waals surface area (Å²) >= 11 is 0. The van der Waals surface area contributed by atoms with Crippen molar-refractivity contribution in [2.75, 3.05) is 36.4 Å². The SMILES string of the molecule is CC(=O)N1CCN(c2cc(C(=O)Nc3ccc(C)cc3)nc(C)n2)CC1. The fraction of sp³-hybridized carbons (Fsp3) is 0.368. The van der Waals surface area contributed by atoms with E-state index in [0.717, 1.165) is 17.1 Å². The van der Waals surface area contributed by atoms with Gasteiger partial charge in [0, 0.05) is 44.9 Å². The average molecular weight is 353 g/mol. The normalized spacial score (nSPS) is 14.3. The Balaban J connectivity index is 1.74. The summed E-state index contributed by atoms with van der Waals surface area (Å²) in [7, 11) is 0. The van der Waals surface area contributed by atoms with Crippen LogP contribution < -0.4 is 10.2 Å². The first-order valence-electron chi connectivity index (χ1n) is 8.66. The highest BCUT2D eigenvalue weighted by molar-refractivity contribution is 6.03. The zero-order valence-electron chi connectivity index (χ0n) is 15.3. The highest BCUT2D eigenvalue weighted by Gasteiger charge is 2.21. The number of anilines is 2. The van der Waals surface area contributed by atoms with Crippen LogP contribution in [0.3, 0.4) is 0 Å². The summed E-state index contributed by atoms with van der Waals surface area (Å²) in [6, 6.07) is 9.33. The van der Waals surface area contributed by atoms with E-state index in [2.05, 4.69) is 20.2 Å². The first-order chi connectivity index (χ1) is 12.4. The van der Waals surface area contributed by atoms with Crippen molar-refractivity contribution in [2.45, 2.75) is 20.8 Å². The van der Waals surface area contributed by atoms with Crippen LogP contribution in [0.4, 0.5) is 11.5 Å². The standard InChI is InChI=1S/C19H23N5O2/c1-13-4-6-16(7-5-13)22-19(26)17-12-18(21-14(2)20-17)24-10-8-23(9-11-24)15(3)25/h4-7,12H,8-11H2,1-3H3,(H,22,26). The molecule has 2 heterocycles. The number of nitrogens with one attached hydrogen (secondary N) is 1. The number of hydrogen-bond acceptors (Lipinski definition) is 5. The van der Waals surface area contributed by atoms with Gasteiger partial charge in [-0.25, -0.2) is 9.97 Å². The minimum atomic E-state index is -0.261.